The third-order valence-electron chi connectivity index (χ3n) is 2.47. The van der Waals surface area contributed by atoms with E-state index in [1.165, 1.54) is 0 Å². The van der Waals surface area contributed by atoms with E-state index in [0.29, 0.717) is 11.6 Å². The number of hydrogen-bond donors (Lipinski definition) is 1. The predicted molar refractivity (Wildman–Crippen MR) is 76.6 cm³/mol. The highest BCUT2D eigenvalue weighted by Crippen LogP contribution is 2.22. The zero-order valence-corrected chi connectivity index (χ0v) is 12.1. The molecule has 0 aliphatic heterocycles. The Labute approximate surface area is 114 Å². The van der Waals surface area contributed by atoms with Crippen LogP contribution in [0.5, 0.6) is 0 Å². The van der Waals surface area contributed by atoms with Crippen molar-refractivity contribution in [3.05, 3.63) is 32.7 Å². The van der Waals surface area contributed by atoms with E-state index >= 15 is 0 Å². The Bertz CT molecular complexity index is 558. The molecule has 2 N–H and O–H groups in total. The van der Waals surface area contributed by atoms with Gasteiger partial charge in [0.05, 0.1) is 9.26 Å². The molecule has 5 heteroatoms. The van der Waals surface area contributed by atoms with Crippen molar-refractivity contribution in [1.82, 2.24) is 15.0 Å². The summed E-state index contributed by atoms with van der Waals surface area (Å²) in [5.41, 5.74) is 9.72. The number of halogens is 1. The number of aromatic nitrogens is 3. The van der Waals surface area contributed by atoms with Gasteiger partial charge in [0.15, 0.2) is 5.82 Å². The molecule has 17 heavy (non-hydrogen) atoms. The third kappa shape index (κ3) is 2.38. The van der Waals surface area contributed by atoms with Crippen molar-refractivity contribution in [3.8, 4) is 11.5 Å². The molecule has 2 aromatic heterocycles. The molecule has 2 aromatic rings. The second kappa shape index (κ2) is 4.56. The molecule has 0 bridgehead atoms. The fourth-order valence-electron chi connectivity index (χ4n) is 1.64. The van der Waals surface area contributed by atoms with Crippen LogP contribution >= 0.6 is 22.6 Å². The Hall–Kier alpha value is -1.24. The first kappa shape index (κ1) is 12.2. The third-order valence-corrected chi connectivity index (χ3v) is 3.80. The largest absolute Gasteiger partial charge is 0.383 e. The van der Waals surface area contributed by atoms with Crippen LogP contribution in [-0.2, 0) is 0 Å². The molecule has 0 saturated heterocycles. The summed E-state index contributed by atoms with van der Waals surface area (Å²) in [7, 11) is 0. The van der Waals surface area contributed by atoms with Crippen LogP contribution in [0.15, 0.2) is 12.3 Å². The van der Waals surface area contributed by atoms with Crippen LogP contribution in [0.25, 0.3) is 11.5 Å². The first-order valence-corrected chi connectivity index (χ1v) is 6.30. The first-order chi connectivity index (χ1) is 7.99. The minimum absolute atomic E-state index is 0.509. The van der Waals surface area contributed by atoms with Crippen LogP contribution in [0.1, 0.15) is 16.8 Å². The standard InChI is InChI=1S/C12H13IN4/c1-6-4-7(2)10(15-5-6)12-16-8(3)9(13)11(14)17-12/h4-5H,1-3H3,(H2,14,16,17). The van der Waals surface area contributed by atoms with Gasteiger partial charge in [0, 0.05) is 6.20 Å². The Balaban J connectivity index is 2.61. The van der Waals surface area contributed by atoms with Crippen LogP contribution in [0.3, 0.4) is 0 Å². The van der Waals surface area contributed by atoms with E-state index in [2.05, 4.69) is 43.6 Å². The number of pyridine rings is 1. The second-order valence-electron chi connectivity index (χ2n) is 4.01. The molecule has 4 nitrogen and oxygen atoms in total. The number of nitrogens with two attached hydrogens (primary N) is 1. The van der Waals surface area contributed by atoms with Crippen molar-refractivity contribution >= 4 is 28.4 Å². The monoisotopic (exact) mass is 340 g/mol. The summed E-state index contributed by atoms with van der Waals surface area (Å²) < 4.78 is 0.899. The Morgan fingerprint density at radius 2 is 1.88 bits per heavy atom. The summed E-state index contributed by atoms with van der Waals surface area (Å²) in [4.78, 5) is 13.1. The van der Waals surface area contributed by atoms with Gasteiger partial charge < -0.3 is 5.73 Å². The van der Waals surface area contributed by atoms with Gasteiger partial charge in [-0.1, -0.05) is 6.07 Å². The topological polar surface area (TPSA) is 64.7 Å². The molecule has 0 aliphatic carbocycles. The van der Waals surface area contributed by atoms with E-state index < -0.39 is 0 Å². The highest BCUT2D eigenvalue weighted by atomic mass is 127. The Morgan fingerprint density at radius 3 is 2.47 bits per heavy atom. The average molecular weight is 340 g/mol. The summed E-state index contributed by atoms with van der Waals surface area (Å²) in [6, 6.07) is 2.06. The van der Waals surface area contributed by atoms with Gasteiger partial charge in [-0.15, -0.1) is 0 Å². The molecule has 0 saturated carbocycles. The lowest BCUT2D eigenvalue weighted by molar-refractivity contribution is 1.07. The molecule has 2 rings (SSSR count). The van der Waals surface area contributed by atoms with Crippen LogP contribution in [-0.4, -0.2) is 15.0 Å². The maximum Gasteiger partial charge on any atom is 0.180 e. The summed E-state index contributed by atoms with van der Waals surface area (Å²) in [6.45, 7) is 5.94. The van der Waals surface area contributed by atoms with Crippen molar-refractivity contribution in [3.63, 3.8) is 0 Å². The molecule has 0 aromatic carbocycles. The zero-order chi connectivity index (χ0) is 12.6. The maximum absolute atomic E-state index is 5.85. The minimum atomic E-state index is 0.509. The molecule has 2 heterocycles. The molecule has 0 spiro atoms. The lowest BCUT2D eigenvalue weighted by Crippen LogP contribution is -2.04. The second-order valence-corrected chi connectivity index (χ2v) is 5.09. The number of hydrogen-bond acceptors (Lipinski definition) is 4. The van der Waals surface area contributed by atoms with Crippen LogP contribution in [0.2, 0.25) is 0 Å². The number of anilines is 1. The van der Waals surface area contributed by atoms with E-state index in [0.717, 1.165) is 26.1 Å². The van der Waals surface area contributed by atoms with Gasteiger partial charge in [0.2, 0.25) is 0 Å². The molecule has 0 atom stereocenters. The smallest absolute Gasteiger partial charge is 0.180 e. The minimum Gasteiger partial charge on any atom is -0.383 e. The maximum atomic E-state index is 5.85. The van der Waals surface area contributed by atoms with Gasteiger partial charge in [-0.25, -0.2) is 9.97 Å². The van der Waals surface area contributed by atoms with Crippen LogP contribution in [0.4, 0.5) is 5.82 Å². The summed E-state index contributed by atoms with van der Waals surface area (Å²) in [5, 5.41) is 0. The number of nitrogen functional groups attached to an aromatic ring is 1. The molecular weight excluding hydrogens is 327 g/mol. The molecule has 0 unspecified atom stereocenters. The highest BCUT2D eigenvalue weighted by molar-refractivity contribution is 14.1. The van der Waals surface area contributed by atoms with E-state index in [1.807, 2.05) is 27.0 Å². The Kier molecular flexibility index (Phi) is 3.28. The van der Waals surface area contributed by atoms with E-state index in [9.17, 15) is 0 Å². The Morgan fingerprint density at radius 1 is 1.18 bits per heavy atom. The van der Waals surface area contributed by atoms with Gasteiger partial charge in [-0.3, -0.25) is 4.98 Å². The number of nitrogens with zero attached hydrogens (tertiary/aromatic N) is 3. The lowest BCUT2D eigenvalue weighted by Gasteiger charge is -2.07. The molecule has 0 aliphatic rings. The van der Waals surface area contributed by atoms with Gasteiger partial charge in [0.25, 0.3) is 0 Å². The van der Waals surface area contributed by atoms with Gasteiger partial charge in [-0.2, -0.15) is 0 Å². The fourth-order valence-corrected chi connectivity index (χ4v) is 1.88. The van der Waals surface area contributed by atoms with Gasteiger partial charge in [-0.05, 0) is 54.5 Å². The normalized spacial score (nSPS) is 10.6. The van der Waals surface area contributed by atoms with Gasteiger partial charge in [0.1, 0.15) is 11.5 Å². The molecule has 0 amide bonds. The van der Waals surface area contributed by atoms with Crippen molar-refractivity contribution in [2.45, 2.75) is 20.8 Å². The van der Waals surface area contributed by atoms with Crippen molar-refractivity contribution in [1.29, 1.82) is 0 Å². The summed E-state index contributed by atoms with van der Waals surface area (Å²) in [5.74, 6) is 1.10. The molecule has 0 fully saturated rings. The first-order valence-electron chi connectivity index (χ1n) is 5.22. The van der Waals surface area contributed by atoms with E-state index in [-0.39, 0.29) is 0 Å². The van der Waals surface area contributed by atoms with Crippen molar-refractivity contribution < 1.29 is 0 Å². The number of aryl methyl sites for hydroxylation is 3. The predicted octanol–water partition coefficient (Wildman–Crippen LogP) is 2.65. The molecular formula is C12H13IN4. The average Bonchev–Trinajstić information content (AvgIpc) is 2.25. The molecule has 0 radical (unpaired) electrons. The quantitative estimate of drug-likeness (QED) is 0.811. The zero-order valence-electron chi connectivity index (χ0n) is 9.95. The van der Waals surface area contributed by atoms with Crippen LogP contribution < -0.4 is 5.73 Å². The van der Waals surface area contributed by atoms with E-state index in [4.69, 9.17) is 5.73 Å². The highest BCUT2D eigenvalue weighted by Gasteiger charge is 2.11. The van der Waals surface area contributed by atoms with Crippen molar-refractivity contribution in [2.24, 2.45) is 0 Å². The number of rotatable bonds is 1. The molecule has 88 valence electrons. The SMILES string of the molecule is Cc1cnc(-c2nc(C)c(I)c(N)n2)c(C)c1. The lowest BCUT2D eigenvalue weighted by atomic mass is 10.1. The van der Waals surface area contributed by atoms with E-state index in [1.54, 1.807) is 0 Å². The van der Waals surface area contributed by atoms with Gasteiger partial charge >= 0.3 is 0 Å². The van der Waals surface area contributed by atoms with Crippen LogP contribution in [0, 0.1) is 24.3 Å². The summed E-state index contributed by atoms with van der Waals surface area (Å²) >= 11 is 2.15. The fraction of sp³-hybridized carbons (Fsp3) is 0.250. The van der Waals surface area contributed by atoms with Crippen molar-refractivity contribution in [2.75, 3.05) is 5.73 Å². The summed E-state index contributed by atoms with van der Waals surface area (Å²) in [6.07, 6.45) is 1.81.